The minimum atomic E-state index is -3.01. The smallest absolute Gasteiger partial charge is 0.410 e. The first-order valence-corrected chi connectivity index (χ1v) is 10.7. The Bertz CT molecular complexity index is 1180. The first kappa shape index (κ1) is 22.4. The molecule has 2 heterocycles. The summed E-state index contributed by atoms with van der Waals surface area (Å²) in [6.45, 7) is 2.52. The van der Waals surface area contributed by atoms with Crippen molar-refractivity contribution in [2.24, 2.45) is 0 Å². The number of rotatable bonds is 3. The third-order valence-electron chi connectivity index (χ3n) is 4.99. The highest BCUT2D eigenvalue weighted by atomic mass is 79.9. The lowest BCUT2D eigenvalue weighted by atomic mass is 10.0. The number of imidazole rings is 1. The van der Waals surface area contributed by atoms with Gasteiger partial charge in [-0.3, -0.25) is 4.90 Å². The van der Waals surface area contributed by atoms with Gasteiger partial charge in [-0.1, -0.05) is 18.2 Å². The highest BCUT2D eigenvalue weighted by Crippen LogP contribution is 2.37. The Balaban J connectivity index is 1.86. The fourth-order valence-corrected chi connectivity index (χ4v) is 4.12. The molecule has 0 bridgehead atoms. The van der Waals surface area contributed by atoms with Crippen LogP contribution in [0.15, 0.2) is 40.9 Å². The normalized spacial score (nSPS) is 16.4. The van der Waals surface area contributed by atoms with Gasteiger partial charge in [0.05, 0.1) is 28.1 Å². The summed E-state index contributed by atoms with van der Waals surface area (Å²) in [7, 11) is 0. The molecule has 0 saturated heterocycles. The number of halogens is 4. The van der Waals surface area contributed by atoms with Gasteiger partial charge in [0.25, 0.3) is 0 Å². The van der Waals surface area contributed by atoms with Crippen LogP contribution in [0.25, 0.3) is 11.0 Å². The summed E-state index contributed by atoms with van der Waals surface area (Å²) in [6.07, 6.45) is -0.555. The van der Waals surface area contributed by atoms with E-state index in [1.165, 1.54) is 17.0 Å². The van der Waals surface area contributed by atoms with Crippen molar-refractivity contribution >= 4 is 33.1 Å². The second kappa shape index (κ2) is 8.31. The summed E-state index contributed by atoms with van der Waals surface area (Å²) in [5.74, 6) is -0.00564. The molecule has 10 heteroatoms. The zero-order valence-electron chi connectivity index (χ0n) is 17.6. The molecule has 1 aromatic heterocycles. The molecule has 6 nitrogen and oxygen atoms in total. The van der Waals surface area contributed by atoms with Crippen LogP contribution >= 0.6 is 15.9 Å². The number of hydrogen-bond acceptors (Lipinski definition) is 4. The van der Waals surface area contributed by atoms with E-state index in [1.807, 2.05) is 4.57 Å². The lowest BCUT2D eigenvalue weighted by Crippen LogP contribution is -2.44. The van der Waals surface area contributed by atoms with E-state index >= 15 is 0 Å². The number of fused-ring (bicyclic) bond motifs is 3. The number of ether oxygens (including phenoxy) is 2. The van der Waals surface area contributed by atoms with Gasteiger partial charge in [-0.05, 0) is 48.8 Å². The Morgan fingerprint density at radius 3 is 2.66 bits per heavy atom. The Hall–Kier alpha value is -2.75. The first-order valence-electron chi connectivity index (χ1n) is 9.91. The minimum absolute atomic E-state index is 0.00693. The average molecular weight is 512 g/mol. The van der Waals surface area contributed by atoms with Crippen LogP contribution in [-0.2, 0) is 11.3 Å². The molecule has 1 amide bonds. The molecule has 0 fully saturated rings. The highest BCUT2D eigenvalue weighted by molar-refractivity contribution is 9.10. The quantitative estimate of drug-likeness (QED) is 0.440. The topological polar surface area (TPSA) is 56.6 Å². The van der Waals surface area contributed by atoms with Crippen molar-refractivity contribution in [3.63, 3.8) is 0 Å². The number of nitrogens with zero attached hydrogens (tertiary/aromatic N) is 3. The standard InChI is InChI=1S/C22H21BrF3N3O3/c1-22(2,3)32-21(30)28-10-17(12-6-4-5-7-18(12)31-20(25)26)29-16-8-13(23)14(24)9-15(16)27-19(29)11-28/h4-9,17,20H,10-11H2,1-3H3. The van der Waals surface area contributed by atoms with E-state index in [2.05, 4.69) is 20.9 Å². The molecule has 1 aliphatic heterocycles. The summed E-state index contributed by atoms with van der Waals surface area (Å²) in [5, 5.41) is 0. The van der Waals surface area contributed by atoms with Gasteiger partial charge in [-0.2, -0.15) is 8.78 Å². The molecule has 0 aliphatic carbocycles. The summed E-state index contributed by atoms with van der Waals surface area (Å²) in [6, 6.07) is 8.68. The second-order valence-corrected chi connectivity index (χ2v) is 9.30. The number of para-hydroxylation sites is 1. The van der Waals surface area contributed by atoms with E-state index in [-0.39, 0.29) is 23.3 Å². The Kier molecular flexibility index (Phi) is 5.83. The maximum atomic E-state index is 14.1. The van der Waals surface area contributed by atoms with Crippen molar-refractivity contribution in [1.29, 1.82) is 0 Å². The van der Waals surface area contributed by atoms with Crippen LogP contribution in [0.2, 0.25) is 0 Å². The SMILES string of the molecule is CC(C)(C)OC(=O)N1Cc2nc3cc(F)c(Br)cc3n2C(c2ccccc2OC(F)F)C1. The third-order valence-corrected chi connectivity index (χ3v) is 5.60. The number of benzene rings is 2. The van der Waals surface area contributed by atoms with Gasteiger partial charge in [0.15, 0.2) is 0 Å². The molecule has 0 N–H and O–H groups in total. The molecule has 1 atom stereocenters. The van der Waals surface area contributed by atoms with E-state index in [4.69, 9.17) is 9.47 Å². The fraction of sp³-hybridized carbons (Fsp3) is 0.364. The van der Waals surface area contributed by atoms with E-state index in [0.29, 0.717) is 22.4 Å². The molecule has 4 rings (SSSR count). The van der Waals surface area contributed by atoms with E-state index in [9.17, 15) is 18.0 Å². The number of aromatic nitrogens is 2. The maximum absolute atomic E-state index is 14.1. The number of alkyl halides is 2. The van der Waals surface area contributed by atoms with Gasteiger partial charge in [0, 0.05) is 18.2 Å². The lowest BCUT2D eigenvalue weighted by Gasteiger charge is -2.36. The Morgan fingerprint density at radius 1 is 1.25 bits per heavy atom. The van der Waals surface area contributed by atoms with Crippen LogP contribution in [0.3, 0.4) is 0 Å². The number of amides is 1. The van der Waals surface area contributed by atoms with Gasteiger partial charge in [-0.25, -0.2) is 14.2 Å². The number of carbonyl (C=O) groups excluding carboxylic acids is 1. The zero-order chi connectivity index (χ0) is 23.2. The second-order valence-electron chi connectivity index (χ2n) is 8.45. The molecule has 170 valence electrons. The zero-order valence-corrected chi connectivity index (χ0v) is 19.2. The van der Waals surface area contributed by atoms with E-state index in [0.717, 1.165) is 0 Å². The van der Waals surface area contributed by atoms with Crippen molar-refractivity contribution in [1.82, 2.24) is 14.5 Å². The number of carbonyl (C=O) groups is 1. The van der Waals surface area contributed by atoms with Gasteiger partial charge in [0.1, 0.15) is 23.0 Å². The minimum Gasteiger partial charge on any atom is -0.444 e. The molecule has 1 unspecified atom stereocenters. The Morgan fingerprint density at radius 2 is 1.97 bits per heavy atom. The summed E-state index contributed by atoms with van der Waals surface area (Å²) in [5.41, 5.74) is 0.731. The lowest BCUT2D eigenvalue weighted by molar-refractivity contribution is -0.0509. The fourth-order valence-electron chi connectivity index (χ4n) is 3.79. The van der Waals surface area contributed by atoms with Crippen molar-refractivity contribution in [2.75, 3.05) is 6.54 Å². The summed E-state index contributed by atoms with van der Waals surface area (Å²) < 4.78 is 52.6. The van der Waals surface area contributed by atoms with Crippen LogP contribution in [-0.4, -0.2) is 39.3 Å². The predicted octanol–water partition coefficient (Wildman–Crippen LogP) is 5.88. The predicted molar refractivity (Wildman–Crippen MR) is 115 cm³/mol. The van der Waals surface area contributed by atoms with Crippen molar-refractivity contribution in [3.05, 3.63) is 58.1 Å². The van der Waals surface area contributed by atoms with Crippen LogP contribution in [0, 0.1) is 5.82 Å². The summed E-state index contributed by atoms with van der Waals surface area (Å²) >= 11 is 3.20. The third kappa shape index (κ3) is 4.41. The van der Waals surface area contributed by atoms with Gasteiger partial charge >= 0.3 is 12.7 Å². The largest absolute Gasteiger partial charge is 0.444 e. The summed E-state index contributed by atoms with van der Waals surface area (Å²) in [4.78, 5) is 18.8. The van der Waals surface area contributed by atoms with Crippen LogP contribution in [0.4, 0.5) is 18.0 Å². The molecule has 2 aromatic carbocycles. The van der Waals surface area contributed by atoms with Crippen LogP contribution in [0.1, 0.15) is 38.2 Å². The monoisotopic (exact) mass is 511 g/mol. The van der Waals surface area contributed by atoms with Crippen molar-refractivity contribution in [3.8, 4) is 5.75 Å². The number of hydrogen-bond donors (Lipinski definition) is 0. The molecular weight excluding hydrogens is 491 g/mol. The molecule has 3 aromatic rings. The Labute approximate surface area is 191 Å². The van der Waals surface area contributed by atoms with Crippen LogP contribution in [0.5, 0.6) is 5.75 Å². The molecule has 0 spiro atoms. The van der Waals surface area contributed by atoms with Crippen molar-refractivity contribution in [2.45, 2.75) is 45.6 Å². The first-order chi connectivity index (χ1) is 15.0. The average Bonchev–Trinajstić information content (AvgIpc) is 3.03. The van der Waals surface area contributed by atoms with Gasteiger partial charge < -0.3 is 14.0 Å². The molecule has 0 radical (unpaired) electrons. The van der Waals surface area contributed by atoms with Gasteiger partial charge in [-0.15, -0.1) is 0 Å². The van der Waals surface area contributed by atoms with E-state index < -0.39 is 30.2 Å². The van der Waals surface area contributed by atoms with Gasteiger partial charge in [0.2, 0.25) is 0 Å². The highest BCUT2D eigenvalue weighted by Gasteiger charge is 2.35. The van der Waals surface area contributed by atoms with E-state index in [1.54, 1.807) is 45.0 Å². The maximum Gasteiger partial charge on any atom is 0.410 e. The van der Waals surface area contributed by atoms with Crippen LogP contribution < -0.4 is 4.74 Å². The molecular formula is C22H21BrF3N3O3. The molecule has 1 aliphatic rings. The molecule has 0 saturated carbocycles. The van der Waals surface area contributed by atoms with Crippen molar-refractivity contribution < 1.29 is 27.4 Å². The molecule has 32 heavy (non-hydrogen) atoms.